The molecule has 0 unspecified atom stereocenters. The molecule has 1 heterocycles. The second kappa shape index (κ2) is 8.14. The van der Waals surface area contributed by atoms with Crippen LogP contribution in [0.15, 0.2) is 75.9 Å². The highest BCUT2D eigenvalue weighted by molar-refractivity contribution is 6.30. The number of hydrogen-bond donors (Lipinski definition) is 0. The van der Waals surface area contributed by atoms with E-state index < -0.39 is 0 Å². The second-order valence-corrected chi connectivity index (χ2v) is 7.57. The van der Waals surface area contributed by atoms with E-state index in [0.29, 0.717) is 34.9 Å². The van der Waals surface area contributed by atoms with E-state index in [1.165, 1.54) is 0 Å². The molecule has 4 rings (SSSR count). The molecule has 0 saturated heterocycles. The number of aryl methyl sites for hydroxylation is 2. The van der Waals surface area contributed by atoms with Gasteiger partial charge in [0.15, 0.2) is 0 Å². The third-order valence-corrected chi connectivity index (χ3v) is 5.44. The number of fused-ring (bicyclic) bond motifs is 1. The summed E-state index contributed by atoms with van der Waals surface area (Å²) in [4.78, 5) is 12.7. The normalized spacial score (nSPS) is 11.0. The first-order valence-electron chi connectivity index (χ1n) is 9.50. The minimum Gasteiger partial charge on any atom is -0.488 e. The fourth-order valence-electron chi connectivity index (χ4n) is 3.47. The summed E-state index contributed by atoms with van der Waals surface area (Å²) in [6.07, 6.45) is 0.554. The molecule has 0 N–H and O–H groups in total. The molecular formula is C25H21ClO3. The van der Waals surface area contributed by atoms with Gasteiger partial charge >= 0.3 is 5.63 Å². The van der Waals surface area contributed by atoms with Gasteiger partial charge in [0.2, 0.25) is 0 Å². The molecule has 3 nitrogen and oxygen atoms in total. The van der Waals surface area contributed by atoms with Gasteiger partial charge in [0.1, 0.15) is 17.9 Å². The monoisotopic (exact) mass is 404 g/mol. The van der Waals surface area contributed by atoms with Gasteiger partial charge in [-0.25, -0.2) is 4.79 Å². The van der Waals surface area contributed by atoms with Crippen LogP contribution in [0.2, 0.25) is 5.02 Å². The molecule has 0 aliphatic carbocycles. The molecule has 0 saturated carbocycles. The molecule has 0 bridgehead atoms. The van der Waals surface area contributed by atoms with Crippen LogP contribution in [0, 0.1) is 13.8 Å². The van der Waals surface area contributed by atoms with E-state index in [1.807, 2.05) is 80.6 Å². The molecule has 0 amide bonds. The lowest BCUT2D eigenvalue weighted by Crippen LogP contribution is -2.11. The Morgan fingerprint density at radius 2 is 1.59 bits per heavy atom. The molecule has 0 aliphatic heterocycles. The molecule has 146 valence electrons. The quantitative estimate of drug-likeness (QED) is 0.370. The van der Waals surface area contributed by atoms with Gasteiger partial charge in [-0.05, 0) is 54.8 Å². The van der Waals surface area contributed by atoms with Crippen molar-refractivity contribution in [3.05, 3.63) is 110 Å². The molecule has 0 radical (unpaired) electrons. The van der Waals surface area contributed by atoms with Crippen molar-refractivity contribution in [1.29, 1.82) is 0 Å². The van der Waals surface area contributed by atoms with Crippen LogP contribution in [0.5, 0.6) is 5.75 Å². The van der Waals surface area contributed by atoms with Crippen LogP contribution < -0.4 is 10.4 Å². The van der Waals surface area contributed by atoms with Gasteiger partial charge in [-0.15, -0.1) is 0 Å². The van der Waals surface area contributed by atoms with Crippen LogP contribution in [0.1, 0.15) is 27.8 Å². The van der Waals surface area contributed by atoms with Crippen molar-refractivity contribution in [2.45, 2.75) is 26.9 Å². The number of halogens is 1. The highest BCUT2D eigenvalue weighted by Crippen LogP contribution is 2.30. The minimum atomic E-state index is -0.295. The van der Waals surface area contributed by atoms with Crippen molar-refractivity contribution in [3.8, 4) is 5.75 Å². The van der Waals surface area contributed by atoms with Gasteiger partial charge in [0, 0.05) is 28.0 Å². The molecule has 29 heavy (non-hydrogen) atoms. The van der Waals surface area contributed by atoms with Gasteiger partial charge in [-0.1, -0.05) is 54.1 Å². The average molecular weight is 405 g/mol. The molecule has 1 aromatic heterocycles. The molecule has 0 spiro atoms. The molecule has 4 heteroatoms. The van der Waals surface area contributed by atoms with Gasteiger partial charge in [0.05, 0.1) is 0 Å². The highest BCUT2D eigenvalue weighted by Gasteiger charge is 2.15. The molecule has 4 aromatic rings. The summed E-state index contributed by atoms with van der Waals surface area (Å²) in [5.74, 6) is 0.700. The number of hydrogen-bond acceptors (Lipinski definition) is 3. The first-order chi connectivity index (χ1) is 14.0. The maximum absolute atomic E-state index is 12.7. The fraction of sp³-hybridized carbons (Fsp3) is 0.160. The van der Waals surface area contributed by atoms with Crippen molar-refractivity contribution in [1.82, 2.24) is 0 Å². The van der Waals surface area contributed by atoms with Crippen LogP contribution in [0.4, 0.5) is 0 Å². The molecular weight excluding hydrogens is 384 g/mol. The fourth-order valence-corrected chi connectivity index (χ4v) is 3.60. The van der Waals surface area contributed by atoms with Crippen molar-refractivity contribution < 1.29 is 9.15 Å². The van der Waals surface area contributed by atoms with E-state index in [-0.39, 0.29) is 5.63 Å². The summed E-state index contributed by atoms with van der Waals surface area (Å²) in [5, 5.41) is 1.63. The van der Waals surface area contributed by atoms with Crippen molar-refractivity contribution >= 4 is 22.6 Å². The lowest BCUT2D eigenvalue weighted by atomic mass is 9.98. The van der Waals surface area contributed by atoms with Crippen LogP contribution in [0.3, 0.4) is 0 Å². The zero-order valence-electron chi connectivity index (χ0n) is 16.4. The van der Waals surface area contributed by atoms with Gasteiger partial charge < -0.3 is 9.15 Å². The zero-order valence-corrected chi connectivity index (χ0v) is 17.1. The Hall–Kier alpha value is -3.04. The standard InChI is InChI=1S/C25H21ClO3/c1-16-21-12-13-23(28-15-19-8-10-20(26)11-9-19)17(2)24(21)29-25(27)22(16)14-18-6-4-3-5-7-18/h3-13H,14-15H2,1-2H3. The topological polar surface area (TPSA) is 39.4 Å². The highest BCUT2D eigenvalue weighted by atomic mass is 35.5. The number of ether oxygens (including phenoxy) is 1. The van der Waals surface area contributed by atoms with Gasteiger partial charge in [-0.3, -0.25) is 0 Å². The Bertz CT molecular complexity index is 1210. The summed E-state index contributed by atoms with van der Waals surface area (Å²) in [5.41, 5.74) is 4.86. The van der Waals surface area contributed by atoms with Crippen LogP contribution >= 0.6 is 11.6 Å². The Morgan fingerprint density at radius 1 is 0.862 bits per heavy atom. The van der Waals surface area contributed by atoms with E-state index in [1.54, 1.807) is 0 Å². The predicted octanol–water partition coefficient (Wildman–Crippen LogP) is 6.23. The summed E-state index contributed by atoms with van der Waals surface area (Å²) >= 11 is 5.93. The summed E-state index contributed by atoms with van der Waals surface area (Å²) in [7, 11) is 0. The second-order valence-electron chi connectivity index (χ2n) is 7.14. The SMILES string of the molecule is Cc1c(Cc2ccccc2)c(=O)oc2c(C)c(OCc3ccc(Cl)cc3)ccc12. The predicted molar refractivity (Wildman–Crippen MR) is 117 cm³/mol. The van der Waals surface area contributed by atoms with Gasteiger partial charge in [0.25, 0.3) is 0 Å². The third kappa shape index (κ3) is 4.06. The maximum atomic E-state index is 12.7. The Balaban J connectivity index is 1.66. The van der Waals surface area contributed by atoms with Crippen molar-refractivity contribution in [2.75, 3.05) is 0 Å². The average Bonchev–Trinajstić information content (AvgIpc) is 2.73. The van der Waals surface area contributed by atoms with Gasteiger partial charge in [-0.2, -0.15) is 0 Å². The van der Waals surface area contributed by atoms with Crippen LogP contribution in [-0.4, -0.2) is 0 Å². The smallest absolute Gasteiger partial charge is 0.340 e. The van der Waals surface area contributed by atoms with E-state index in [2.05, 4.69) is 0 Å². The van der Waals surface area contributed by atoms with E-state index in [4.69, 9.17) is 20.8 Å². The van der Waals surface area contributed by atoms with E-state index in [9.17, 15) is 4.79 Å². The largest absolute Gasteiger partial charge is 0.488 e. The van der Waals surface area contributed by atoms with E-state index in [0.717, 1.165) is 27.6 Å². The molecule has 0 aliphatic rings. The Kier molecular flexibility index (Phi) is 5.41. The first kappa shape index (κ1) is 19.3. The summed E-state index contributed by atoms with van der Waals surface area (Å²) in [6.45, 7) is 4.31. The van der Waals surface area contributed by atoms with Crippen LogP contribution in [0.25, 0.3) is 11.0 Å². The van der Waals surface area contributed by atoms with E-state index >= 15 is 0 Å². The number of benzene rings is 3. The maximum Gasteiger partial charge on any atom is 0.340 e. The minimum absolute atomic E-state index is 0.295. The zero-order chi connectivity index (χ0) is 20.4. The van der Waals surface area contributed by atoms with Crippen LogP contribution in [-0.2, 0) is 13.0 Å². The lowest BCUT2D eigenvalue weighted by Gasteiger charge is -2.13. The number of rotatable bonds is 5. The lowest BCUT2D eigenvalue weighted by molar-refractivity contribution is 0.304. The Labute approximate surface area is 174 Å². The van der Waals surface area contributed by atoms with Crippen molar-refractivity contribution in [3.63, 3.8) is 0 Å². The molecule has 0 fully saturated rings. The van der Waals surface area contributed by atoms with Crippen molar-refractivity contribution in [2.24, 2.45) is 0 Å². The molecule has 3 aromatic carbocycles. The molecule has 0 atom stereocenters. The third-order valence-electron chi connectivity index (χ3n) is 5.19. The Morgan fingerprint density at radius 3 is 2.31 bits per heavy atom. The summed E-state index contributed by atoms with van der Waals surface area (Å²) < 4.78 is 11.7. The summed E-state index contributed by atoms with van der Waals surface area (Å²) in [6, 6.07) is 21.4. The first-order valence-corrected chi connectivity index (χ1v) is 9.88.